The van der Waals surface area contributed by atoms with Crippen LogP contribution in [0.4, 0.5) is 0 Å². The van der Waals surface area contributed by atoms with Gasteiger partial charge in [0.05, 0.1) is 26.4 Å². The quantitative estimate of drug-likeness (QED) is 0.742. The maximum atomic E-state index is 5.80. The van der Waals surface area contributed by atoms with Crippen molar-refractivity contribution in [2.45, 2.75) is 19.4 Å². The second-order valence-electron chi connectivity index (χ2n) is 7.35. The van der Waals surface area contributed by atoms with Gasteiger partial charge in [-0.2, -0.15) is 0 Å². The first kappa shape index (κ1) is 17.2. The summed E-state index contributed by atoms with van der Waals surface area (Å²) in [6.45, 7) is 14.8. The zero-order chi connectivity index (χ0) is 15.3. The van der Waals surface area contributed by atoms with Gasteiger partial charge in [-0.15, -0.1) is 0 Å². The maximum absolute atomic E-state index is 5.80. The van der Waals surface area contributed by atoms with E-state index < -0.39 is 0 Å². The van der Waals surface area contributed by atoms with Crippen molar-refractivity contribution in [1.82, 2.24) is 14.7 Å². The van der Waals surface area contributed by atoms with Crippen molar-refractivity contribution < 1.29 is 9.47 Å². The Labute approximate surface area is 130 Å². The summed E-state index contributed by atoms with van der Waals surface area (Å²) in [6, 6.07) is 0. The smallest absolute Gasteiger partial charge is 0.0594 e. The van der Waals surface area contributed by atoms with Crippen LogP contribution in [0.3, 0.4) is 0 Å². The van der Waals surface area contributed by atoms with Gasteiger partial charge in [0.1, 0.15) is 0 Å². The van der Waals surface area contributed by atoms with Crippen molar-refractivity contribution in [3.05, 3.63) is 0 Å². The lowest BCUT2D eigenvalue weighted by Crippen LogP contribution is -2.56. The van der Waals surface area contributed by atoms with E-state index in [1.54, 1.807) is 0 Å². The van der Waals surface area contributed by atoms with Gasteiger partial charge >= 0.3 is 0 Å². The molecule has 2 saturated heterocycles. The first-order valence-electron chi connectivity index (χ1n) is 8.25. The minimum absolute atomic E-state index is 0.205. The molecule has 0 radical (unpaired) electrons. The fraction of sp³-hybridized carbons (Fsp3) is 1.00. The minimum Gasteiger partial charge on any atom is -0.380 e. The predicted octanol–water partition coefficient (Wildman–Crippen LogP) is 0.607. The van der Waals surface area contributed by atoms with Crippen LogP contribution in [0.25, 0.3) is 0 Å². The number of morpholine rings is 1. The van der Waals surface area contributed by atoms with E-state index in [-0.39, 0.29) is 5.54 Å². The summed E-state index contributed by atoms with van der Waals surface area (Å²) in [5.41, 5.74) is 0.205. The van der Waals surface area contributed by atoms with E-state index in [1.165, 1.54) is 0 Å². The van der Waals surface area contributed by atoms with Crippen molar-refractivity contribution in [2.75, 3.05) is 79.8 Å². The molecule has 2 rings (SSSR count). The highest BCUT2D eigenvalue weighted by Gasteiger charge is 2.31. The summed E-state index contributed by atoms with van der Waals surface area (Å²) in [4.78, 5) is 7.43. The summed E-state index contributed by atoms with van der Waals surface area (Å²) in [7, 11) is 4.29. The van der Waals surface area contributed by atoms with Crippen LogP contribution < -0.4 is 0 Å². The molecule has 2 aliphatic rings. The van der Waals surface area contributed by atoms with Gasteiger partial charge in [0.25, 0.3) is 0 Å². The van der Waals surface area contributed by atoms with Gasteiger partial charge in [0.2, 0.25) is 0 Å². The molecule has 2 heterocycles. The molecule has 0 N–H and O–H groups in total. The predicted molar refractivity (Wildman–Crippen MR) is 85.8 cm³/mol. The SMILES string of the molecule is CN(C)CC1COCCN(CC(C)(C)N2CCOCC2)C1. The summed E-state index contributed by atoms with van der Waals surface area (Å²) in [6.07, 6.45) is 0. The monoisotopic (exact) mass is 299 g/mol. The third kappa shape index (κ3) is 5.49. The molecule has 0 bridgehead atoms. The summed E-state index contributed by atoms with van der Waals surface area (Å²) in [5, 5.41) is 0. The summed E-state index contributed by atoms with van der Waals surface area (Å²) in [5.74, 6) is 0.614. The van der Waals surface area contributed by atoms with Crippen LogP contribution in [0, 0.1) is 5.92 Å². The molecule has 0 amide bonds. The van der Waals surface area contributed by atoms with Gasteiger partial charge in [0, 0.05) is 50.7 Å². The van der Waals surface area contributed by atoms with E-state index in [4.69, 9.17) is 9.47 Å². The third-order valence-electron chi connectivity index (χ3n) is 4.52. The molecular weight excluding hydrogens is 266 g/mol. The van der Waals surface area contributed by atoms with Crippen molar-refractivity contribution in [1.29, 1.82) is 0 Å². The van der Waals surface area contributed by atoms with Crippen molar-refractivity contribution >= 4 is 0 Å². The van der Waals surface area contributed by atoms with E-state index in [2.05, 4.69) is 42.6 Å². The average molecular weight is 299 g/mol. The Bertz CT molecular complexity index is 304. The molecule has 5 heteroatoms. The fourth-order valence-electron chi connectivity index (χ4n) is 3.54. The molecule has 2 aliphatic heterocycles. The van der Waals surface area contributed by atoms with Gasteiger partial charge < -0.3 is 14.4 Å². The Kier molecular flexibility index (Phi) is 6.44. The molecule has 5 nitrogen and oxygen atoms in total. The second-order valence-corrected chi connectivity index (χ2v) is 7.35. The number of rotatable bonds is 5. The van der Waals surface area contributed by atoms with Gasteiger partial charge in [-0.25, -0.2) is 0 Å². The van der Waals surface area contributed by atoms with E-state index in [0.29, 0.717) is 5.92 Å². The van der Waals surface area contributed by atoms with E-state index in [0.717, 1.165) is 65.7 Å². The molecule has 0 aromatic heterocycles. The lowest BCUT2D eigenvalue weighted by atomic mass is 10.00. The molecule has 0 saturated carbocycles. The first-order valence-corrected chi connectivity index (χ1v) is 8.25. The number of hydrogen-bond donors (Lipinski definition) is 0. The fourth-order valence-corrected chi connectivity index (χ4v) is 3.54. The Morgan fingerprint density at radius 2 is 1.71 bits per heavy atom. The zero-order valence-electron chi connectivity index (χ0n) is 14.3. The lowest BCUT2D eigenvalue weighted by molar-refractivity contribution is -0.0225. The van der Waals surface area contributed by atoms with Gasteiger partial charge in [-0.1, -0.05) is 0 Å². The summed E-state index contributed by atoms with van der Waals surface area (Å²) >= 11 is 0. The minimum atomic E-state index is 0.205. The maximum Gasteiger partial charge on any atom is 0.0594 e. The number of hydrogen-bond acceptors (Lipinski definition) is 5. The van der Waals surface area contributed by atoms with E-state index in [9.17, 15) is 0 Å². The molecule has 0 aliphatic carbocycles. The van der Waals surface area contributed by atoms with Crippen LogP contribution in [0.1, 0.15) is 13.8 Å². The number of nitrogens with zero attached hydrogens (tertiary/aromatic N) is 3. The molecular formula is C16H33N3O2. The highest BCUT2D eigenvalue weighted by molar-refractivity contribution is 4.87. The Morgan fingerprint density at radius 3 is 2.38 bits per heavy atom. The third-order valence-corrected chi connectivity index (χ3v) is 4.52. The van der Waals surface area contributed by atoms with E-state index in [1.807, 2.05) is 0 Å². The Morgan fingerprint density at radius 1 is 1.05 bits per heavy atom. The molecule has 0 aromatic rings. The van der Waals surface area contributed by atoms with Crippen LogP contribution in [-0.2, 0) is 9.47 Å². The van der Waals surface area contributed by atoms with E-state index >= 15 is 0 Å². The standard InChI is InChI=1S/C16H33N3O2/c1-16(2,19-6-9-20-10-7-19)14-18-5-8-21-13-15(12-18)11-17(3)4/h15H,5-14H2,1-4H3. The molecule has 2 fully saturated rings. The van der Waals surface area contributed by atoms with Crippen molar-refractivity contribution in [3.63, 3.8) is 0 Å². The second kappa shape index (κ2) is 7.88. The zero-order valence-corrected chi connectivity index (χ0v) is 14.3. The normalized spacial score (nSPS) is 27.0. The van der Waals surface area contributed by atoms with Gasteiger partial charge in [-0.3, -0.25) is 9.80 Å². The van der Waals surface area contributed by atoms with Crippen molar-refractivity contribution in [3.8, 4) is 0 Å². The Hall–Kier alpha value is -0.200. The molecule has 21 heavy (non-hydrogen) atoms. The van der Waals surface area contributed by atoms with Gasteiger partial charge in [0.15, 0.2) is 0 Å². The van der Waals surface area contributed by atoms with Gasteiger partial charge in [-0.05, 0) is 27.9 Å². The topological polar surface area (TPSA) is 28.2 Å². The highest BCUT2D eigenvalue weighted by Crippen LogP contribution is 2.19. The first-order chi connectivity index (χ1) is 9.97. The van der Waals surface area contributed by atoms with Crippen LogP contribution in [0.15, 0.2) is 0 Å². The largest absolute Gasteiger partial charge is 0.380 e. The number of ether oxygens (including phenoxy) is 2. The Balaban J connectivity index is 1.89. The van der Waals surface area contributed by atoms with Crippen LogP contribution in [0.2, 0.25) is 0 Å². The molecule has 1 atom stereocenters. The van der Waals surface area contributed by atoms with Crippen LogP contribution >= 0.6 is 0 Å². The molecule has 124 valence electrons. The molecule has 0 spiro atoms. The molecule has 0 aromatic carbocycles. The molecule has 1 unspecified atom stereocenters. The lowest BCUT2D eigenvalue weighted by Gasteiger charge is -2.43. The summed E-state index contributed by atoms with van der Waals surface area (Å²) < 4.78 is 11.3. The average Bonchev–Trinajstić information content (AvgIpc) is 2.63. The van der Waals surface area contributed by atoms with Crippen LogP contribution in [-0.4, -0.2) is 100 Å². The van der Waals surface area contributed by atoms with Crippen molar-refractivity contribution in [2.24, 2.45) is 5.92 Å². The van der Waals surface area contributed by atoms with Crippen LogP contribution in [0.5, 0.6) is 0 Å². The highest BCUT2D eigenvalue weighted by atomic mass is 16.5.